The third kappa shape index (κ3) is 2.29. The van der Waals surface area contributed by atoms with Crippen LogP contribution in [-0.2, 0) is 7.05 Å². The van der Waals surface area contributed by atoms with Gasteiger partial charge in [-0.3, -0.25) is 4.68 Å². The van der Waals surface area contributed by atoms with Gasteiger partial charge in [-0.25, -0.2) is 0 Å². The lowest BCUT2D eigenvalue weighted by molar-refractivity contribution is 0.209. The van der Waals surface area contributed by atoms with E-state index >= 15 is 0 Å². The number of ether oxygens (including phenoxy) is 2. The van der Waals surface area contributed by atoms with Crippen molar-refractivity contribution in [3.05, 3.63) is 41.7 Å². The molecule has 2 aromatic rings. The molecule has 0 radical (unpaired) electrons. The van der Waals surface area contributed by atoms with E-state index in [2.05, 4.69) is 5.10 Å². The summed E-state index contributed by atoms with van der Waals surface area (Å²) in [5, 5.41) is 14.4. The summed E-state index contributed by atoms with van der Waals surface area (Å²) >= 11 is 0. The summed E-state index contributed by atoms with van der Waals surface area (Å²) in [6.07, 6.45) is 1.82. The first-order chi connectivity index (χ1) is 9.25. The zero-order chi connectivity index (χ0) is 13.2. The number of hydrogen-bond acceptors (Lipinski definition) is 4. The van der Waals surface area contributed by atoms with E-state index in [1.807, 2.05) is 25.2 Å². The summed E-state index contributed by atoms with van der Waals surface area (Å²) in [4.78, 5) is 0. The molecule has 1 atom stereocenters. The Balaban J connectivity index is 1.93. The molecule has 0 saturated heterocycles. The molecule has 3 rings (SSSR count). The first-order valence-corrected chi connectivity index (χ1v) is 6.31. The number of nitrogens with zero attached hydrogens (tertiary/aromatic N) is 2. The van der Waals surface area contributed by atoms with Crippen LogP contribution in [0.3, 0.4) is 0 Å². The summed E-state index contributed by atoms with van der Waals surface area (Å²) in [5.41, 5.74) is 1.52. The Labute approximate surface area is 111 Å². The maximum atomic E-state index is 10.4. The fraction of sp³-hybridized carbons (Fsp3) is 0.357. The number of aliphatic hydroxyl groups excluding tert-OH is 1. The molecular formula is C14H16N2O3. The van der Waals surface area contributed by atoms with Gasteiger partial charge < -0.3 is 14.6 Å². The summed E-state index contributed by atoms with van der Waals surface area (Å²) in [6, 6.07) is 7.33. The maximum Gasteiger partial charge on any atom is 0.161 e. The zero-order valence-electron chi connectivity index (χ0n) is 10.7. The smallest absolute Gasteiger partial charge is 0.161 e. The lowest BCUT2D eigenvalue weighted by Crippen LogP contribution is -2.07. The molecule has 0 aliphatic carbocycles. The zero-order valence-corrected chi connectivity index (χ0v) is 10.7. The van der Waals surface area contributed by atoms with E-state index in [-0.39, 0.29) is 0 Å². The van der Waals surface area contributed by atoms with E-state index in [1.165, 1.54) is 0 Å². The Morgan fingerprint density at radius 1 is 1.21 bits per heavy atom. The highest BCUT2D eigenvalue weighted by molar-refractivity contribution is 5.45. The number of hydrogen-bond donors (Lipinski definition) is 1. The van der Waals surface area contributed by atoms with E-state index in [0.29, 0.717) is 19.0 Å². The summed E-state index contributed by atoms with van der Waals surface area (Å²) in [5.74, 6) is 1.43. The van der Waals surface area contributed by atoms with Crippen molar-refractivity contribution in [3.63, 3.8) is 0 Å². The Hall–Kier alpha value is -2.01. The average Bonchev–Trinajstić information content (AvgIpc) is 2.72. The van der Waals surface area contributed by atoms with E-state index in [0.717, 1.165) is 23.4 Å². The Morgan fingerprint density at radius 2 is 2.00 bits per heavy atom. The molecule has 1 aliphatic heterocycles. The van der Waals surface area contributed by atoms with Crippen LogP contribution < -0.4 is 9.47 Å². The van der Waals surface area contributed by atoms with E-state index < -0.39 is 6.10 Å². The van der Waals surface area contributed by atoms with Gasteiger partial charge >= 0.3 is 0 Å². The van der Waals surface area contributed by atoms with Crippen LogP contribution in [0.15, 0.2) is 30.5 Å². The van der Waals surface area contributed by atoms with Crippen molar-refractivity contribution in [2.45, 2.75) is 12.5 Å². The van der Waals surface area contributed by atoms with Gasteiger partial charge in [0.05, 0.1) is 18.9 Å². The molecule has 1 N–H and O–H groups in total. The van der Waals surface area contributed by atoms with Gasteiger partial charge in [-0.1, -0.05) is 6.07 Å². The highest BCUT2D eigenvalue weighted by Gasteiger charge is 2.17. The van der Waals surface area contributed by atoms with E-state index in [9.17, 15) is 5.11 Å². The predicted octanol–water partition coefficient (Wildman–Crippen LogP) is 1.66. The summed E-state index contributed by atoms with van der Waals surface area (Å²) < 4.78 is 12.9. The minimum absolute atomic E-state index is 0.637. The number of aryl methyl sites for hydroxylation is 1. The molecule has 1 aliphatic rings. The van der Waals surface area contributed by atoms with Crippen molar-refractivity contribution in [3.8, 4) is 11.5 Å². The number of aromatic nitrogens is 2. The minimum Gasteiger partial charge on any atom is -0.490 e. The van der Waals surface area contributed by atoms with Gasteiger partial charge in [0.15, 0.2) is 11.5 Å². The molecule has 2 heterocycles. The van der Waals surface area contributed by atoms with Gasteiger partial charge in [-0.2, -0.15) is 5.10 Å². The topological polar surface area (TPSA) is 56.5 Å². The van der Waals surface area contributed by atoms with Crippen LogP contribution in [0.5, 0.6) is 11.5 Å². The Kier molecular flexibility index (Phi) is 3.13. The van der Waals surface area contributed by atoms with Crippen LogP contribution in [-0.4, -0.2) is 28.1 Å². The monoisotopic (exact) mass is 260 g/mol. The van der Waals surface area contributed by atoms with Crippen molar-refractivity contribution < 1.29 is 14.6 Å². The number of rotatable bonds is 2. The lowest BCUT2D eigenvalue weighted by Gasteiger charge is -2.14. The molecule has 100 valence electrons. The van der Waals surface area contributed by atoms with Gasteiger partial charge in [0.25, 0.3) is 0 Å². The third-order valence-corrected chi connectivity index (χ3v) is 3.23. The van der Waals surface area contributed by atoms with Gasteiger partial charge in [0, 0.05) is 19.7 Å². The lowest BCUT2D eigenvalue weighted by atomic mass is 10.1. The Bertz CT molecular complexity index is 580. The first kappa shape index (κ1) is 12.0. The molecule has 0 amide bonds. The highest BCUT2D eigenvalue weighted by atomic mass is 16.5. The fourth-order valence-corrected chi connectivity index (χ4v) is 2.17. The molecule has 0 fully saturated rings. The molecule has 1 aromatic carbocycles. The highest BCUT2D eigenvalue weighted by Crippen LogP contribution is 2.33. The van der Waals surface area contributed by atoms with E-state index in [4.69, 9.17) is 9.47 Å². The first-order valence-electron chi connectivity index (χ1n) is 6.31. The van der Waals surface area contributed by atoms with Crippen molar-refractivity contribution in [2.75, 3.05) is 13.2 Å². The molecular weight excluding hydrogens is 244 g/mol. The molecule has 0 saturated carbocycles. The molecule has 0 spiro atoms. The molecule has 1 unspecified atom stereocenters. The third-order valence-electron chi connectivity index (χ3n) is 3.23. The normalized spacial score (nSPS) is 15.9. The fourth-order valence-electron chi connectivity index (χ4n) is 2.17. The van der Waals surface area contributed by atoms with Crippen LogP contribution in [0.4, 0.5) is 0 Å². The van der Waals surface area contributed by atoms with Crippen molar-refractivity contribution in [2.24, 2.45) is 7.05 Å². The van der Waals surface area contributed by atoms with Crippen LogP contribution in [0.2, 0.25) is 0 Å². The average molecular weight is 260 g/mol. The summed E-state index contributed by atoms with van der Waals surface area (Å²) in [7, 11) is 1.81. The second kappa shape index (κ2) is 4.93. The van der Waals surface area contributed by atoms with E-state index in [1.54, 1.807) is 16.9 Å². The SMILES string of the molecule is Cn1nccc1C(O)c1ccc2c(c1)OCCCO2. The minimum atomic E-state index is -0.718. The molecule has 1 aromatic heterocycles. The number of fused-ring (bicyclic) bond motifs is 1. The quantitative estimate of drug-likeness (QED) is 0.892. The standard InChI is InChI=1S/C14H16N2O3/c1-16-11(5-6-15-16)14(17)10-3-4-12-13(9-10)19-8-2-7-18-12/h3-6,9,14,17H,2,7-8H2,1H3. The van der Waals surface area contributed by atoms with Crippen LogP contribution in [0.1, 0.15) is 23.8 Å². The largest absolute Gasteiger partial charge is 0.490 e. The molecule has 19 heavy (non-hydrogen) atoms. The number of benzene rings is 1. The van der Waals surface area contributed by atoms with Crippen molar-refractivity contribution in [1.29, 1.82) is 0 Å². The predicted molar refractivity (Wildman–Crippen MR) is 69.3 cm³/mol. The van der Waals surface area contributed by atoms with Crippen LogP contribution in [0, 0.1) is 0 Å². The second-order valence-electron chi connectivity index (χ2n) is 4.54. The van der Waals surface area contributed by atoms with Crippen molar-refractivity contribution in [1.82, 2.24) is 9.78 Å². The molecule has 0 bridgehead atoms. The molecule has 5 heteroatoms. The summed E-state index contributed by atoms with van der Waals surface area (Å²) in [6.45, 7) is 1.30. The molecule has 5 nitrogen and oxygen atoms in total. The van der Waals surface area contributed by atoms with Crippen LogP contribution in [0.25, 0.3) is 0 Å². The Morgan fingerprint density at radius 3 is 2.74 bits per heavy atom. The second-order valence-corrected chi connectivity index (χ2v) is 4.54. The van der Waals surface area contributed by atoms with Gasteiger partial charge in [0.1, 0.15) is 6.10 Å². The van der Waals surface area contributed by atoms with Crippen molar-refractivity contribution >= 4 is 0 Å². The van der Waals surface area contributed by atoms with Gasteiger partial charge in [-0.05, 0) is 23.8 Å². The maximum absolute atomic E-state index is 10.4. The number of aliphatic hydroxyl groups is 1. The van der Waals surface area contributed by atoms with Gasteiger partial charge in [0.2, 0.25) is 0 Å². The van der Waals surface area contributed by atoms with Crippen LogP contribution >= 0.6 is 0 Å². The van der Waals surface area contributed by atoms with Gasteiger partial charge in [-0.15, -0.1) is 0 Å².